The average molecular weight is 246 g/mol. The van der Waals surface area contributed by atoms with Gasteiger partial charge in [0.1, 0.15) is 0 Å². The lowest BCUT2D eigenvalue weighted by Gasteiger charge is -2.47. The van der Waals surface area contributed by atoms with Crippen LogP contribution >= 0.6 is 0 Å². The minimum atomic E-state index is 0.0682. The van der Waals surface area contributed by atoms with Gasteiger partial charge in [-0.05, 0) is 38.5 Å². The molecule has 18 heavy (non-hydrogen) atoms. The maximum absolute atomic E-state index is 6.49. The summed E-state index contributed by atoms with van der Waals surface area (Å²) >= 11 is 0. The molecule has 1 atom stereocenters. The molecular weight excluding hydrogens is 224 g/mol. The lowest BCUT2D eigenvalue weighted by Crippen LogP contribution is -2.55. The molecule has 3 rings (SSSR count). The fourth-order valence-electron chi connectivity index (χ4n) is 3.22. The summed E-state index contributed by atoms with van der Waals surface area (Å²) in [4.78, 5) is 2.42. The van der Waals surface area contributed by atoms with Crippen LogP contribution in [0.25, 0.3) is 0 Å². The van der Waals surface area contributed by atoms with Crippen LogP contribution < -0.4 is 5.32 Å². The van der Waals surface area contributed by atoms with Crippen molar-refractivity contribution in [2.45, 2.75) is 24.5 Å². The minimum absolute atomic E-state index is 0.0682. The third-order valence-electron chi connectivity index (χ3n) is 4.11. The van der Waals surface area contributed by atoms with Crippen LogP contribution in [0.3, 0.4) is 0 Å². The summed E-state index contributed by atoms with van der Waals surface area (Å²) in [6.45, 7) is 4.22. The second-order valence-corrected chi connectivity index (χ2v) is 5.65. The highest BCUT2D eigenvalue weighted by Crippen LogP contribution is 2.35. The summed E-state index contributed by atoms with van der Waals surface area (Å²) in [5.41, 5.74) is 1.38. The number of nitrogens with one attached hydrogen (secondary N) is 1. The zero-order valence-electron chi connectivity index (χ0n) is 11.1. The molecule has 1 spiro atoms. The Hall–Kier alpha value is -0.900. The van der Waals surface area contributed by atoms with E-state index in [2.05, 4.69) is 47.6 Å². The molecule has 0 aliphatic carbocycles. The summed E-state index contributed by atoms with van der Waals surface area (Å²) in [5, 5.41) is 3.43. The van der Waals surface area contributed by atoms with Crippen LogP contribution in [0.15, 0.2) is 30.3 Å². The summed E-state index contributed by atoms with van der Waals surface area (Å²) < 4.78 is 6.49. The summed E-state index contributed by atoms with van der Waals surface area (Å²) in [6.07, 6.45) is 2.48. The van der Waals surface area contributed by atoms with Gasteiger partial charge < -0.3 is 15.0 Å². The number of ether oxygens (including phenoxy) is 1. The van der Waals surface area contributed by atoms with Crippen molar-refractivity contribution >= 4 is 0 Å². The Morgan fingerprint density at radius 1 is 1.22 bits per heavy atom. The molecule has 2 heterocycles. The minimum Gasteiger partial charge on any atom is -0.364 e. The maximum Gasteiger partial charge on any atom is 0.0959 e. The zero-order valence-corrected chi connectivity index (χ0v) is 11.1. The topological polar surface area (TPSA) is 24.5 Å². The van der Waals surface area contributed by atoms with Crippen molar-refractivity contribution in [1.82, 2.24) is 10.2 Å². The number of benzene rings is 1. The van der Waals surface area contributed by atoms with Gasteiger partial charge in [-0.1, -0.05) is 30.3 Å². The molecule has 1 N–H and O–H groups in total. The first kappa shape index (κ1) is 12.2. The Labute approximate surface area is 109 Å². The number of piperidine rings is 1. The van der Waals surface area contributed by atoms with Crippen LogP contribution in [0.1, 0.15) is 24.5 Å². The molecule has 0 radical (unpaired) electrons. The van der Waals surface area contributed by atoms with Gasteiger partial charge in [0, 0.05) is 13.1 Å². The molecule has 2 aliphatic rings. The normalized spacial score (nSPS) is 28.4. The Bertz CT molecular complexity index is 387. The maximum atomic E-state index is 6.49. The Morgan fingerprint density at radius 2 is 1.94 bits per heavy atom. The van der Waals surface area contributed by atoms with Gasteiger partial charge in [-0.15, -0.1) is 0 Å². The van der Waals surface area contributed by atoms with Gasteiger partial charge in [0.15, 0.2) is 0 Å². The van der Waals surface area contributed by atoms with Crippen LogP contribution in [-0.2, 0) is 4.74 Å². The van der Waals surface area contributed by atoms with Gasteiger partial charge in [-0.3, -0.25) is 0 Å². The molecular formula is C15H22N2O. The van der Waals surface area contributed by atoms with Crippen molar-refractivity contribution in [3.63, 3.8) is 0 Å². The van der Waals surface area contributed by atoms with E-state index in [9.17, 15) is 0 Å². The first-order valence-corrected chi connectivity index (χ1v) is 6.89. The monoisotopic (exact) mass is 246 g/mol. The second-order valence-electron chi connectivity index (χ2n) is 5.65. The van der Waals surface area contributed by atoms with Crippen LogP contribution in [0.4, 0.5) is 0 Å². The number of nitrogens with zero attached hydrogens (tertiary/aromatic N) is 1. The molecule has 0 saturated carbocycles. The average Bonchev–Trinajstić information content (AvgIpc) is 2.40. The highest BCUT2D eigenvalue weighted by atomic mass is 16.5. The lowest BCUT2D eigenvalue weighted by atomic mass is 9.89. The van der Waals surface area contributed by atoms with Gasteiger partial charge >= 0.3 is 0 Å². The molecule has 2 aliphatic heterocycles. The van der Waals surface area contributed by atoms with Crippen molar-refractivity contribution < 1.29 is 4.74 Å². The standard InChI is InChI=1S/C15H22N2O/c1-17-11-14(13-5-3-2-4-6-13)18-15(12-17)7-9-16-10-8-15/h2-6,14,16H,7-12H2,1H3. The molecule has 0 amide bonds. The smallest absolute Gasteiger partial charge is 0.0959 e. The molecule has 0 bridgehead atoms. The van der Waals surface area contributed by atoms with Crippen LogP contribution in [0.5, 0.6) is 0 Å². The van der Waals surface area contributed by atoms with E-state index in [0.29, 0.717) is 0 Å². The second kappa shape index (κ2) is 5.00. The highest BCUT2D eigenvalue weighted by molar-refractivity contribution is 5.19. The van der Waals surface area contributed by atoms with Crippen molar-refractivity contribution in [3.05, 3.63) is 35.9 Å². The van der Waals surface area contributed by atoms with E-state index in [1.807, 2.05) is 0 Å². The van der Waals surface area contributed by atoms with Gasteiger partial charge in [0.25, 0.3) is 0 Å². The largest absolute Gasteiger partial charge is 0.364 e. The Morgan fingerprint density at radius 3 is 2.67 bits per heavy atom. The number of rotatable bonds is 1. The van der Waals surface area contributed by atoms with E-state index in [0.717, 1.165) is 39.0 Å². The van der Waals surface area contributed by atoms with E-state index in [1.165, 1.54) is 5.56 Å². The number of morpholine rings is 1. The fraction of sp³-hybridized carbons (Fsp3) is 0.600. The first-order valence-electron chi connectivity index (χ1n) is 6.89. The highest BCUT2D eigenvalue weighted by Gasteiger charge is 2.40. The van der Waals surface area contributed by atoms with Crippen molar-refractivity contribution in [2.24, 2.45) is 0 Å². The predicted octanol–water partition coefficient (Wildman–Crippen LogP) is 1.81. The third kappa shape index (κ3) is 2.44. The number of hydrogen-bond donors (Lipinski definition) is 1. The van der Waals surface area contributed by atoms with E-state index < -0.39 is 0 Å². The van der Waals surface area contributed by atoms with Gasteiger partial charge in [-0.2, -0.15) is 0 Å². The van der Waals surface area contributed by atoms with Crippen molar-refractivity contribution in [1.29, 1.82) is 0 Å². The molecule has 3 heteroatoms. The summed E-state index contributed by atoms with van der Waals surface area (Å²) in [5.74, 6) is 0. The molecule has 3 nitrogen and oxygen atoms in total. The van der Waals surface area contributed by atoms with E-state index >= 15 is 0 Å². The molecule has 1 aromatic rings. The van der Waals surface area contributed by atoms with E-state index in [-0.39, 0.29) is 11.7 Å². The van der Waals surface area contributed by atoms with Crippen molar-refractivity contribution in [3.8, 4) is 0 Å². The number of likely N-dealkylation sites (N-methyl/N-ethyl adjacent to an activating group) is 1. The van der Waals surface area contributed by atoms with E-state index in [4.69, 9.17) is 4.74 Å². The van der Waals surface area contributed by atoms with Gasteiger partial charge in [0.05, 0.1) is 11.7 Å². The molecule has 98 valence electrons. The summed E-state index contributed by atoms with van der Waals surface area (Å²) in [7, 11) is 2.21. The predicted molar refractivity (Wildman–Crippen MR) is 72.6 cm³/mol. The van der Waals surface area contributed by atoms with Crippen LogP contribution in [0.2, 0.25) is 0 Å². The van der Waals surface area contributed by atoms with E-state index in [1.54, 1.807) is 0 Å². The van der Waals surface area contributed by atoms with Crippen LogP contribution in [0, 0.1) is 0 Å². The van der Waals surface area contributed by atoms with Gasteiger partial charge in [-0.25, -0.2) is 0 Å². The van der Waals surface area contributed by atoms with Gasteiger partial charge in [0.2, 0.25) is 0 Å². The third-order valence-corrected chi connectivity index (χ3v) is 4.11. The Balaban J connectivity index is 1.80. The lowest BCUT2D eigenvalue weighted by molar-refractivity contribution is -0.164. The molecule has 2 saturated heterocycles. The molecule has 1 unspecified atom stereocenters. The molecule has 0 aromatic heterocycles. The quantitative estimate of drug-likeness (QED) is 0.818. The first-order chi connectivity index (χ1) is 8.77. The van der Waals surface area contributed by atoms with Crippen LogP contribution in [-0.4, -0.2) is 43.7 Å². The molecule has 1 aromatic carbocycles. The zero-order chi connectivity index (χ0) is 12.4. The summed E-state index contributed by atoms with van der Waals surface area (Å²) in [6, 6.07) is 10.6. The number of hydrogen-bond acceptors (Lipinski definition) is 3. The SMILES string of the molecule is CN1CC(c2ccccc2)OC2(CCNCC2)C1. The fourth-order valence-corrected chi connectivity index (χ4v) is 3.22. The van der Waals surface area contributed by atoms with Crippen molar-refractivity contribution in [2.75, 3.05) is 33.2 Å². The Kier molecular flexibility index (Phi) is 3.37. The molecule has 2 fully saturated rings.